The fourth-order valence-electron chi connectivity index (χ4n) is 3.27. The standard InChI is InChI=1S/C17H23N5O2/c18-7-5-17(24)6-10-22(13-17)16(23)20-12-14-3-4-15(19-11-14)21-8-1-2-9-21/h3-4,11,24H,1-2,5-6,8-10,12-13H2,(H,20,23). The Morgan fingerprint density at radius 2 is 2.17 bits per heavy atom. The van der Waals surface area contributed by atoms with E-state index in [0.717, 1.165) is 24.5 Å². The molecule has 1 aromatic heterocycles. The minimum Gasteiger partial charge on any atom is -0.387 e. The number of likely N-dealkylation sites (tertiary alicyclic amines) is 1. The van der Waals surface area contributed by atoms with Crippen molar-refractivity contribution in [3.05, 3.63) is 23.9 Å². The fourth-order valence-corrected chi connectivity index (χ4v) is 3.27. The first-order valence-electron chi connectivity index (χ1n) is 8.42. The predicted octanol–water partition coefficient (Wildman–Crippen LogP) is 1.24. The number of pyridine rings is 1. The molecule has 0 bridgehead atoms. The third-order valence-electron chi connectivity index (χ3n) is 4.71. The van der Waals surface area contributed by atoms with Gasteiger partial charge in [-0.2, -0.15) is 5.26 Å². The van der Waals surface area contributed by atoms with Crippen LogP contribution in [-0.2, 0) is 6.54 Å². The molecular formula is C17H23N5O2. The molecule has 0 aromatic carbocycles. The third kappa shape index (κ3) is 3.77. The van der Waals surface area contributed by atoms with Crippen molar-refractivity contribution in [1.82, 2.24) is 15.2 Å². The second-order valence-electron chi connectivity index (χ2n) is 6.61. The van der Waals surface area contributed by atoms with Gasteiger partial charge in [-0.05, 0) is 30.9 Å². The van der Waals surface area contributed by atoms with Crippen LogP contribution in [0.25, 0.3) is 0 Å². The van der Waals surface area contributed by atoms with Crippen LogP contribution in [0.15, 0.2) is 18.3 Å². The zero-order valence-electron chi connectivity index (χ0n) is 13.7. The summed E-state index contributed by atoms with van der Waals surface area (Å²) in [7, 11) is 0. The second kappa shape index (κ2) is 7.05. The lowest BCUT2D eigenvalue weighted by atomic mass is 10.0. The van der Waals surface area contributed by atoms with E-state index in [-0.39, 0.29) is 19.0 Å². The summed E-state index contributed by atoms with van der Waals surface area (Å²) in [6, 6.07) is 5.74. The van der Waals surface area contributed by atoms with E-state index < -0.39 is 5.60 Å². The number of hydrogen-bond acceptors (Lipinski definition) is 5. The minimum absolute atomic E-state index is 0.0542. The summed E-state index contributed by atoms with van der Waals surface area (Å²) in [6.45, 7) is 3.20. The number of aromatic nitrogens is 1. The van der Waals surface area contributed by atoms with Gasteiger partial charge >= 0.3 is 6.03 Å². The van der Waals surface area contributed by atoms with E-state index in [1.165, 1.54) is 12.8 Å². The number of aliphatic hydroxyl groups is 1. The number of nitriles is 1. The Kier molecular flexibility index (Phi) is 4.86. The molecule has 1 atom stereocenters. The molecule has 2 N–H and O–H groups in total. The maximum atomic E-state index is 12.2. The van der Waals surface area contributed by atoms with Crippen LogP contribution in [0.1, 0.15) is 31.2 Å². The summed E-state index contributed by atoms with van der Waals surface area (Å²) in [5, 5.41) is 21.8. The number of nitrogens with one attached hydrogen (secondary N) is 1. The monoisotopic (exact) mass is 329 g/mol. The Morgan fingerprint density at radius 3 is 2.83 bits per heavy atom. The molecule has 0 saturated carbocycles. The van der Waals surface area contributed by atoms with Gasteiger partial charge in [-0.1, -0.05) is 6.07 Å². The van der Waals surface area contributed by atoms with Gasteiger partial charge < -0.3 is 20.2 Å². The molecule has 1 unspecified atom stereocenters. The third-order valence-corrected chi connectivity index (χ3v) is 4.71. The van der Waals surface area contributed by atoms with E-state index in [1.54, 1.807) is 11.1 Å². The largest absolute Gasteiger partial charge is 0.387 e. The van der Waals surface area contributed by atoms with E-state index in [4.69, 9.17) is 5.26 Å². The zero-order valence-corrected chi connectivity index (χ0v) is 13.7. The Balaban J connectivity index is 1.49. The van der Waals surface area contributed by atoms with Crippen LogP contribution in [0.2, 0.25) is 0 Å². The van der Waals surface area contributed by atoms with Crippen molar-refractivity contribution >= 4 is 11.8 Å². The molecule has 2 aliphatic heterocycles. The van der Waals surface area contributed by atoms with E-state index in [9.17, 15) is 9.90 Å². The first kappa shape index (κ1) is 16.5. The van der Waals surface area contributed by atoms with Gasteiger partial charge in [0, 0.05) is 32.4 Å². The summed E-state index contributed by atoms with van der Waals surface area (Å²) in [4.78, 5) is 20.5. The van der Waals surface area contributed by atoms with Gasteiger partial charge in [0.2, 0.25) is 0 Å². The van der Waals surface area contributed by atoms with Gasteiger partial charge in [-0.25, -0.2) is 9.78 Å². The lowest BCUT2D eigenvalue weighted by Crippen LogP contribution is -2.41. The Morgan fingerprint density at radius 1 is 1.38 bits per heavy atom. The van der Waals surface area contributed by atoms with Crippen molar-refractivity contribution in [1.29, 1.82) is 5.26 Å². The second-order valence-corrected chi connectivity index (χ2v) is 6.61. The number of carbonyl (C=O) groups excluding carboxylic acids is 1. The number of anilines is 1. The average Bonchev–Trinajstić information content (AvgIpc) is 3.24. The Bertz CT molecular complexity index is 621. The molecule has 0 radical (unpaired) electrons. The molecule has 2 amide bonds. The molecule has 7 nitrogen and oxygen atoms in total. The van der Waals surface area contributed by atoms with Gasteiger partial charge in [0.05, 0.1) is 24.6 Å². The number of β-amino-alcohol motifs (C(OH)–C–C–N with tert-alkyl or cyclic N) is 1. The minimum atomic E-state index is -1.06. The summed E-state index contributed by atoms with van der Waals surface area (Å²) in [5.41, 5.74) is -0.122. The molecule has 7 heteroatoms. The van der Waals surface area contributed by atoms with Crippen LogP contribution in [0.4, 0.5) is 10.6 Å². The fraction of sp³-hybridized carbons (Fsp3) is 0.588. The van der Waals surface area contributed by atoms with Crippen molar-refractivity contribution in [2.75, 3.05) is 31.1 Å². The first-order valence-corrected chi connectivity index (χ1v) is 8.42. The molecule has 128 valence electrons. The maximum absolute atomic E-state index is 12.2. The van der Waals surface area contributed by atoms with Crippen molar-refractivity contribution < 1.29 is 9.90 Å². The average molecular weight is 329 g/mol. The van der Waals surface area contributed by atoms with Gasteiger partial charge in [-0.15, -0.1) is 0 Å². The van der Waals surface area contributed by atoms with E-state index in [2.05, 4.69) is 15.2 Å². The molecule has 1 aromatic rings. The van der Waals surface area contributed by atoms with Crippen LogP contribution in [-0.4, -0.2) is 52.8 Å². The van der Waals surface area contributed by atoms with Crippen molar-refractivity contribution in [2.45, 2.75) is 37.8 Å². The van der Waals surface area contributed by atoms with E-state index in [0.29, 0.717) is 19.5 Å². The SMILES string of the molecule is N#CCC1(O)CCN(C(=O)NCc2ccc(N3CCCC3)nc2)C1. The number of rotatable bonds is 4. The van der Waals surface area contributed by atoms with Crippen LogP contribution in [0, 0.1) is 11.3 Å². The van der Waals surface area contributed by atoms with Crippen molar-refractivity contribution in [2.24, 2.45) is 0 Å². The van der Waals surface area contributed by atoms with Gasteiger partial charge in [0.15, 0.2) is 0 Å². The molecule has 3 heterocycles. The molecule has 3 rings (SSSR count). The predicted molar refractivity (Wildman–Crippen MR) is 89.3 cm³/mol. The number of carbonyl (C=O) groups is 1. The first-order chi connectivity index (χ1) is 11.6. The lowest BCUT2D eigenvalue weighted by molar-refractivity contribution is 0.0571. The number of hydrogen-bond donors (Lipinski definition) is 2. The van der Waals surface area contributed by atoms with Gasteiger partial charge in [-0.3, -0.25) is 0 Å². The van der Waals surface area contributed by atoms with E-state index in [1.807, 2.05) is 18.2 Å². The van der Waals surface area contributed by atoms with Crippen molar-refractivity contribution in [3.8, 4) is 6.07 Å². The molecule has 0 aliphatic carbocycles. The number of urea groups is 1. The summed E-state index contributed by atoms with van der Waals surface area (Å²) in [6.07, 6.45) is 4.73. The molecular weight excluding hydrogens is 306 g/mol. The highest BCUT2D eigenvalue weighted by Gasteiger charge is 2.37. The van der Waals surface area contributed by atoms with Crippen LogP contribution in [0.3, 0.4) is 0 Å². The highest BCUT2D eigenvalue weighted by atomic mass is 16.3. The molecule has 0 spiro atoms. The van der Waals surface area contributed by atoms with Gasteiger partial charge in [0.25, 0.3) is 0 Å². The quantitative estimate of drug-likeness (QED) is 0.867. The molecule has 2 aliphatic rings. The highest BCUT2D eigenvalue weighted by molar-refractivity contribution is 5.74. The van der Waals surface area contributed by atoms with Crippen molar-refractivity contribution in [3.63, 3.8) is 0 Å². The summed E-state index contributed by atoms with van der Waals surface area (Å²) < 4.78 is 0. The molecule has 2 saturated heterocycles. The maximum Gasteiger partial charge on any atom is 0.317 e. The Labute approximate surface area is 141 Å². The lowest BCUT2D eigenvalue weighted by Gasteiger charge is -2.21. The number of amides is 2. The topological polar surface area (TPSA) is 92.5 Å². The molecule has 2 fully saturated rings. The summed E-state index contributed by atoms with van der Waals surface area (Å²) >= 11 is 0. The van der Waals surface area contributed by atoms with Crippen LogP contribution < -0.4 is 10.2 Å². The smallest absolute Gasteiger partial charge is 0.317 e. The highest BCUT2D eigenvalue weighted by Crippen LogP contribution is 2.24. The zero-order chi connectivity index (χ0) is 17.0. The summed E-state index contributed by atoms with van der Waals surface area (Å²) in [5.74, 6) is 0.990. The Hall–Kier alpha value is -2.33. The number of nitrogens with zero attached hydrogens (tertiary/aromatic N) is 4. The molecule has 24 heavy (non-hydrogen) atoms. The van der Waals surface area contributed by atoms with E-state index >= 15 is 0 Å². The van der Waals surface area contributed by atoms with Crippen LogP contribution in [0.5, 0.6) is 0 Å². The van der Waals surface area contributed by atoms with Crippen LogP contribution >= 0.6 is 0 Å². The normalized spacial score (nSPS) is 23.3. The van der Waals surface area contributed by atoms with Gasteiger partial charge in [0.1, 0.15) is 5.82 Å².